The van der Waals surface area contributed by atoms with E-state index in [-0.39, 0.29) is 5.91 Å². The predicted molar refractivity (Wildman–Crippen MR) is 71.0 cm³/mol. The van der Waals surface area contributed by atoms with Crippen molar-refractivity contribution in [2.45, 2.75) is 20.8 Å². The van der Waals surface area contributed by atoms with E-state index in [1.54, 1.807) is 19.1 Å². The smallest absolute Gasteiger partial charge is 0.331 e. The van der Waals surface area contributed by atoms with Crippen molar-refractivity contribution < 1.29 is 14.3 Å². The minimum Gasteiger partial charge on any atom is -0.463 e. The Morgan fingerprint density at radius 2 is 2.00 bits per heavy atom. The third-order valence-electron chi connectivity index (χ3n) is 2.26. The molecule has 1 aromatic rings. The summed E-state index contributed by atoms with van der Waals surface area (Å²) in [5, 5.41) is 2.68. The van der Waals surface area contributed by atoms with Gasteiger partial charge in [-0.25, -0.2) is 4.79 Å². The molecule has 0 unspecified atom stereocenters. The maximum atomic E-state index is 11.6. The van der Waals surface area contributed by atoms with E-state index < -0.39 is 5.97 Å². The molecule has 0 saturated carbocycles. The molecule has 1 aromatic carbocycles. The minimum atomic E-state index is -0.496. The fraction of sp³-hybridized carbons (Fsp3) is 0.286. The number of hydrogen-bond donors (Lipinski definition) is 1. The van der Waals surface area contributed by atoms with Crippen LogP contribution in [0.5, 0.6) is 0 Å². The molecule has 0 saturated heterocycles. The van der Waals surface area contributed by atoms with E-state index in [1.165, 1.54) is 6.08 Å². The Labute approximate surface area is 107 Å². The Bertz CT molecular complexity index is 478. The second kappa shape index (κ2) is 6.59. The summed E-state index contributed by atoms with van der Waals surface area (Å²) >= 11 is 0. The first-order valence-corrected chi connectivity index (χ1v) is 6.01. The Balaban J connectivity index is 0.000000771. The summed E-state index contributed by atoms with van der Waals surface area (Å²) in [7, 11) is 0. The van der Waals surface area contributed by atoms with Gasteiger partial charge in [-0.15, -0.1) is 0 Å². The summed E-state index contributed by atoms with van der Waals surface area (Å²) in [6, 6.07) is 7.22. The molecule has 1 amide bonds. The lowest BCUT2D eigenvalue weighted by atomic mass is 10.1. The molecule has 18 heavy (non-hydrogen) atoms. The molecule has 1 heterocycles. The predicted octanol–water partition coefficient (Wildman–Crippen LogP) is 2.61. The normalized spacial score (nSPS) is 14.4. The van der Waals surface area contributed by atoms with Crippen molar-refractivity contribution in [1.82, 2.24) is 0 Å². The highest BCUT2D eigenvalue weighted by molar-refractivity contribution is 6.33. The molecule has 0 radical (unpaired) electrons. The van der Waals surface area contributed by atoms with Gasteiger partial charge < -0.3 is 10.1 Å². The molecule has 0 bridgehead atoms. The molecule has 0 fully saturated rings. The van der Waals surface area contributed by atoms with Crippen LogP contribution in [0, 0.1) is 0 Å². The zero-order chi connectivity index (χ0) is 13.5. The number of anilines is 1. The number of carbonyl (C=O) groups excluding carboxylic acids is 2. The Morgan fingerprint density at radius 3 is 2.67 bits per heavy atom. The fourth-order valence-electron chi connectivity index (χ4n) is 1.58. The van der Waals surface area contributed by atoms with E-state index in [2.05, 4.69) is 5.32 Å². The molecule has 4 nitrogen and oxygen atoms in total. The third-order valence-corrected chi connectivity index (χ3v) is 2.26. The van der Waals surface area contributed by atoms with Gasteiger partial charge in [0, 0.05) is 17.3 Å². The fourth-order valence-corrected chi connectivity index (χ4v) is 1.58. The van der Waals surface area contributed by atoms with Gasteiger partial charge in [0.15, 0.2) is 0 Å². The van der Waals surface area contributed by atoms with Gasteiger partial charge in [-0.1, -0.05) is 32.0 Å². The van der Waals surface area contributed by atoms with Crippen LogP contribution >= 0.6 is 0 Å². The van der Waals surface area contributed by atoms with Crippen LogP contribution in [0.1, 0.15) is 26.3 Å². The first kappa shape index (κ1) is 14.0. The Kier molecular flexibility index (Phi) is 5.11. The molecule has 0 aliphatic carbocycles. The van der Waals surface area contributed by atoms with Crippen molar-refractivity contribution in [3.63, 3.8) is 0 Å². The Morgan fingerprint density at radius 1 is 1.33 bits per heavy atom. The number of hydrogen-bond acceptors (Lipinski definition) is 3. The lowest BCUT2D eigenvalue weighted by Crippen LogP contribution is -2.07. The van der Waals surface area contributed by atoms with Gasteiger partial charge in [0.05, 0.1) is 12.2 Å². The highest BCUT2D eigenvalue weighted by Crippen LogP contribution is 2.30. The van der Waals surface area contributed by atoms with Crippen molar-refractivity contribution in [3.8, 4) is 0 Å². The van der Waals surface area contributed by atoms with Crippen LogP contribution in [0.15, 0.2) is 30.3 Å². The van der Waals surface area contributed by atoms with E-state index in [4.69, 9.17) is 4.74 Å². The van der Waals surface area contributed by atoms with Crippen molar-refractivity contribution in [1.29, 1.82) is 0 Å². The summed E-state index contributed by atoms with van der Waals surface area (Å²) in [5.41, 5.74) is 1.82. The number of benzene rings is 1. The number of fused-ring (bicyclic) bond motifs is 1. The van der Waals surface area contributed by atoms with Gasteiger partial charge in [-0.05, 0) is 13.0 Å². The van der Waals surface area contributed by atoms with Gasteiger partial charge in [0.1, 0.15) is 0 Å². The third kappa shape index (κ3) is 2.97. The average molecular weight is 247 g/mol. The lowest BCUT2D eigenvalue weighted by molar-refractivity contribution is -0.137. The number of rotatable bonds is 2. The van der Waals surface area contributed by atoms with Crippen LogP contribution in [0.3, 0.4) is 0 Å². The molecular formula is C14H17NO3. The zero-order valence-corrected chi connectivity index (χ0v) is 10.8. The second-order valence-electron chi connectivity index (χ2n) is 3.31. The van der Waals surface area contributed by atoms with E-state index in [0.717, 1.165) is 11.3 Å². The van der Waals surface area contributed by atoms with E-state index in [1.807, 2.05) is 26.0 Å². The van der Waals surface area contributed by atoms with Crippen LogP contribution in [0.4, 0.5) is 5.69 Å². The summed E-state index contributed by atoms with van der Waals surface area (Å²) in [6.07, 6.45) is 1.23. The van der Waals surface area contributed by atoms with Crippen molar-refractivity contribution in [2.24, 2.45) is 0 Å². The number of amides is 1. The van der Waals surface area contributed by atoms with Crippen LogP contribution in [-0.2, 0) is 14.3 Å². The molecule has 2 rings (SSSR count). The molecule has 0 atom stereocenters. The van der Waals surface area contributed by atoms with Crippen LogP contribution in [0.2, 0.25) is 0 Å². The van der Waals surface area contributed by atoms with Crippen LogP contribution < -0.4 is 5.32 Å². The van der Waals surface area contributed by atoms with Gasteiger partial charge in [-0.3, -0.25) is 4.79 Å². The summed E-state index contributed by atoms with van der Waals surface area (Å²) in [5.74, 6) is -0.765. The Hall–Kier alpha value is -2.10. The molecule has 4 heteroatoms. The minimum absolute atomic E-state index is 0.269. The molecule has 1 aliphatic heterocycles. The standard InChI is InChI=1S/C12H11NO3.C2H6/c1-2-16-11(14)7-9-8-5-3-4-6-10(8)13-12(9)15;1-2/h3-7H,2H2,1H3,(H,13,15);1-2H3/b9-7+;. The molecular weight excluding hydrogens is 230 g/mol. The average Bonchev–Trinajstić information content (AvgIpc) is 2.69. The van der Waals surface area contributed by atoms with E-state index in [0.29, 0.717) is 12.2 Å². The SMILES string of the molecule is CC.CCOC(=O)/C=C1/C(=O)Nc2ccccc21. The highest BCUT2D eigenvalue weighted by atomic mass is 16.5. The highest BCUT2D eigenvalue weighted by Gasteiger charge is 2.24. The lowest BCUT2D eigenvalue weighted by Gasteiger charge is -1.98. The van der Waals surface area contributed by atoms with Crippen LogP contribution in [0.25, 0.3) is 5.57 Å². The number of nitrogens with one attached hydrogen (secondary N) is 1. The van der Waals surface area contributed by atoms with Crippen molar-refractivity contribution in [2.75, 3.05) is 11.9 Å². The van der Waals surface area contributed by atoms with Crippen LogP contribution in [-0.4, -0.2) is 18.5 Å². The first-order valence-electron chi connectivity index (χ1n) is 6.01. The molecule has 1 aliphatic rings. The van der Waals surface area contributed by atoms with Gasteiger partial charge >= 0.3 is 5.97 Å². The molecule has 96 valence electrons. The number of ether oxygens (including phenoxy) is 1. The monoisotopic (exact) mass is 247 g/mol. The van der Waals surface area contributed by atoms with Crippen molar-refractivity contribution >= 4 is 23.1 Å². The molecule has 1 N–H and O–H groups in total. The van der Waals surface area contributed by atoms with E-state index in [9.17, 15) is 9.59 Å². The maximum absolute atomic E-state index is 11.6. The second-order valence-corrected chi connectivity index (χ2v) is 3.31. The van der Waals surface area contributed by atoms with Crippen molar-refractivity contribution in [3.05, 3.63) is 35.9 Å². The number of carbonyl (C=O) groups is 2. The van der Waals surface area contributed by atoms with Gasteiger partial charge in [0.2, 0.25) is 0 Å². The topological polar surface area (TPSA) is 55.4 Å². The molecule has 0 aromatic heterocycles. The first-order chi connectivity index (χ1) is 8.72. The van der Waals surface area contributed by atoms with Gasteiger partial charge in [-0.2, -0.15) is 0 Å². The summed E-state index contributed by atoms with van der Waals surface area (Å²) in [4.78, 5) is 22.9. The summed E-state index contributed by atoms with van der Waals surface area (Å²) in [6.45, 7) is 6.02. The maximum Gasteiger partial charge on any atom is 0.331 e. The zero-order valence-electron chi connectivity index (χ0n) is 10.8. The summed E-state index contributed by atoms with van der Waals surface area (Å²) < 4.78 is 4.77. The number of para-hydroxylation sites is 1. The largest absolute Gasteiger partial charge is 0.463 e. The quantitative estimate of drug-likeness (QED) is 0.645. The van der Waals surface area contributed by atoms with Gasteiger partial charge in [0.25, 0.3) is 5.91 Å². The number of esters is 1. The molecule has 0 spiro atoms. The van der Waals surface area contributed by atoms with E-state index >= 15 is 0 Å².